The molecule has 2 saturated carbocycles. The van der Waals surface area contributed by atoms with Crippen LogP contribution in [0.25, 0.3) is 0 Å². The van der Waals surface area contributed by atoms with E-state index >= 15 is 0 Å². The highest BCUT2D eigenvalue weighted by molar-refractivity contribution is 9.10. The van der Waals surface area contributed by atoms with Crippen molar-refractivity contribution in [3.05, 3.63) is 34.3 Å². The van der Waals surface area contributed by atoms with Crippen LogP contribution in [0, 0.1) is 11.8 Å². The van der Waals surface area contributed by atoms with Crippen LogP contribution in [0.5, 0.6) is 0 Å². The smallest absolute Gasteiger partial charge is 0.240 e. The molecule has 5 nitrogen and oxygen atoms in total. The van der Waals surface area contributed by atoms with E-state index in [4.69, 9.17) is 0 Å². The van der Waals surface area contributed by atoms with Gasteiger partial charge in [-0.2, -0.15) is 0 Å². The largest absolute Gasteiger partial charge is 0.345 e. The lowest BCUT2D eigenvalue weighted by Gasteiger charge is -2.20. The van der Waals surface area contributed by atoms with Crippen molar-refractivity contribution in [1.29, 1.82) is 0 Å². The maximum absolute atomic E-state index is 12.5. The molecule has 1 N–H and O–H groups in total. The van der Waals surface area contributed by atoms with Crippen LogP contribution in [0.15, 0.2) is 28.7 Å². The lowest BCUT2D eigenvalue weighted by molar-refractivity contribution is -0.143. The van der Waals surface area contributed by atoms with Crippen molar-refractivity contribution in [2.45, 2.75) is 44.1 Å². The summed E-state index contributed by atoms with van der Waals surface area (Å²) in [6, 6.07) is 7.91. The molecule has 1 aromatic carbocycles. The molecular formula is C19H21BrN2O3. The molecule has 2 atom stereocenters. The van der Waals surface area contributed by atoms with E-state index in [1.807, 2.05) is 24.3 Å². The molecule has 0 aromatic heterocycles. The van der Waals surface area contributed by atoms with Gasteiger partial charge in [-0.25, -0.2) is 0 Å². The number of likely N-dealkylation sites (tertiary alicyclic amines) is 1. The average Bonchev–Trinajstić information content (AvgIpc) is 3.35. The number of halogens is 1. The second kappa shape index (κ2) is 6.24. The zero-order valence-corrected chi connectivity index (χ0v) is 15.5. The van der Waals surface area contributed by atoms with Crippen molar-refractivity contribution in [1.82, 2.24) is 10.2 Å². The van der Waals surface area contributed by atoms with Gasteiger partial charge in [0.2, 0.25) is 17.7 Å². The van der Waals surface area contributed by atoms with Crippen molar-refractivity contribution in [3.63, 3.8) is 0 Å². The monoisotopic (exact) mass is 404 g/mol. The minimum Gasteiger partial charge on any atom is -0.345 e. The van der Waals surface area contributed by atoms with Crippen molar-refractivity contribution < 1.29 is 14.4 Å². The van der Waals surface area contributed by atoms with Crippen LogP contribution in [-0.4, -0.2) is 29.2 Å². The minimum absolute atomic E-state index is 0.150. The highest BCUT2D eigenvalue weighted by atomic mass is 79.9. The zero-order chi connectivity index (χ0) is 17.6. The minimum atomic E-state index is -0.337. The fourth-order valence-corrected chi connectivity index (χ4v) is 4.48. The van der Waals surface area contributed by atoms with Crippen molar-refractivity contribution in [2.75, 3.05) is 6.54 Å². The van der Waals surface area contributed by atoms with Crippen molar-refractivity contribution in [3.8, 4) is 0 Å². The number of fused-ring (bicyclic) bond motifs is 1. The topological polar surface area (TPSA) is 66.5 Å². The van der Waals surface area contributed by atoms with Crippen LogP contribution in [-0.2, 0) is 19.9 Å². The maximum Gasteiger partial charge on any atom is 0.240 e. The molecule has 3 amide bonds. The normalized spacial score (nSPS) is 27.2. The summed E-state index contributed by atoms with van der Waals surface area (Å²) in [5.74, 6) is -0.955. The lowest BCUT2D eigenvalue weighted by Crippen LogP contribution is -2.44. The fraction of sp³-hybridized carbons (Fsp3) is 0.526. The van der Waals surface area contributed by atoms with E-state index in [-0.39, 0.29) is 41.6 Å². The molecule has 1 aliphatic heterocycles. The Morgan fingerprint density at radius 2 is 1.64 bits per heavy atom. The van der Waals surface area contributed by atoms with E-state index in [0.717, 1.165) is 48.6 Å². The molecule has 4 rings (SSSR count). The maximum atomic E-state index is 12.5. The van der Waals surface area contributed by atoms with Crippen LogP contribution in [0.3, 0.4) is 0 Å². The molecule has 132 valence electrons. The van der Waals surface area contributed by atoms with Gasteiger partial charge >= 0.3 is 0 Å². The number of hydrogen-bond donors (Lipinski definition) is 1. The summed E-state index contributed by atoms with van der Waals surface area (Å²) in [6.45, 7) is -0.150. The molecule has 6 heteroatoms. The molecule has 0 radical (unpaired) electrons. The summed E-state index contributed by atoms with van der Waals surface area (Å²) in [6.07, 6.45) is 5.30. The van der Waals surface area contributed by atoms with Gasteiger partial charge in [-0.15, -0.1) is 0 Å². The van der Waals surface area contributed by atoms with Gasteiger partial charge in [0.05, 0.1) is 17.4 Å². The highest BCUT2D eigenvalue weighted by Crippen LogP contribution is 2.45. The molecule has 2 aliphatic carbocycles. The Hall–Kier alpha value is -1.69. The standard InChI is InChI=1S/C19H21BrN2O3/c20-13-7-5-12(6-8-13)19(9-10-19)21-16(23)11-22-17(24)14-3-1-2-4-15(14)18(22)25/h5-8,14-15H,1-4,9-11H2,(H,21,23). The van der Waals surface area contributed by atoms with Crippen LogP contribution >= 0.6 is 15.9 Å². The van der Waals surface area contributed by atoms with Gasteiger partial charge in [-0.3, -0.25) is 19.3 Å². The first-order valence-electron chi connectivity index (χ1n) is 8.92. The zero-order valence-electron chi connectivity index (χ0n) is 14.0. The van der Waals surface area contributed by atoms with Gasteiger partial charge in [0, 0.05) is 4.47 Å². The van der Waals surface area contributed by atoms with E-state index in [0.29, 0.717) is 0 Å². The summed E-state index contributed by atoms with van der Waals surface area (Å²) >= 11 is 3.42. The molecule has 1 heterocycles. The highest BCUT2D eigenvalue weighted by Gasteiger charge is 2.50. The van der Waals surface area contributed by atoms with Crippen LogP contribution in [0.4, 0.5) is 0 Å². The molecule has 1 saturated heterocycles. The number of amides is 3. The quantitative estimate of drug-likeness (QED) is 0.784. The molecule has 3 aliphatic rings. The summed E-state index contributed by atoms with van der Waals surface area (Å²) in [5.41, 5.74) is 0.730. The molecular weight excluding hydrogens is 384 g/mol. The van der Waals surface area contributed by atoms with E-state index in [1.54, 1.807) is 0 Å². The van der Waals surface area contributed by atoms with Gasteiger partial charge in [0.15, 0.2) is 0 Å². The first-order chi connectivity index (χ1) is 12.0. The first kappa shape index (κ1) is 16.8. The third-order valence-electron chi connectivity index (χ3n) is 5.76. The van der Waals surface area contributed by atoms with Crippen molar-refractivity contribution in [2.24, 2.45) is 11.8 Å². The van der Waals surface area contributed by atoms with Crippen LogP contribution in [0.1, 0.15) is 44.1 Å². The molecule has 0 bridgehead atoms. The predicted molar refractivity (Wildman–Crippen MR) is 95.4 cm³/mol. The number of nitrogens with one attached hydrogen (secondary N) is 1. The Labute approximate surface area is 155 Å². The van der Waals surface area contributed by atoms with Gasteiger partial charge in [-0.05, 0) is 43.4 Å². The Morgan fingerprint density at radius 3 is 2.16 bits per heavy atom. The van der Waals surface area contributed by atoms with E-state index < -0.39 is 0 Å². The van der Waals surface area contributed by atoms with Gasteiger partial charge < -0.3 is 5.32 Å². The number of imide groups is 1. The molecule has 25 heavy (non-hydrogen) atoms. The van der Waals surface area contributed by atoms with Crippen molar-refractivity contribution >= 4 is 33.7 Å². The molecule has 2 unspecified atom stereocenters. The lowest BCUT2D eigenvalue weighted by atomic mass is 9.81. The fourth-order valence-electron chi connectivity index (χ4n) is 4.22. The van der Waals surface area contributed by atoms with Gasteiger partial charge in [0.1, 0.15) is 6.54 Å². The molecule has 1 aromatic rings. The summed E-state index contributed by atoms with van der Waals surface area (Å²) in [5, 5.41) is 3.05. The average molecular weight is 405 g/mol. The van der Waals surface area contributed by atoms with Crippen LogP contribution < -0.4 is 5.32 Å². The Kier molecular flexibility index (Phi) is 4.18. The van der Waals surface area contributed by atoms with E-state index in [1.165, 1.54) is 4.90 Å². The second-order valence-electron chi connectivity index (χ2n) is 7.40. The van der Waals surface area contributed by atoms with Gasteiger partial charge in [-0.1, -0.05) is 40.9 Å². The Morgan fingerprint density at radius 1 is 1.08 bits per heavy atom. The summed E-state index contributed by atoms with van der Waals surface area (Å²) in [7, 11) is 0. The SMILES string of the molecule is O=C(CN1C(=O)C2CCCCC2C1=O)NC1(c2ccc(Br)cc2)CC1. The third-order valence-corrected chi connectivity index (χ3v) is 6.29. The summed E-state index contributed by atoms with van der Waals surface area (Å²) < 4.78 is 0.995. The van der Waals surface area contributed by atoms with E-state index in [9.17, 15) is 14.4 Å². The summed E-state index contributed by atoms with van der Waals surface area (Å²) in [4.78, 5) is 38.7. The predicted octanol–water partition coefficient (Wildman–Crippen LogP) is 2.73. The molecule has 0 spiro atoms. The third kappa shape index (κ3) is 3.01. The Balaban J connectivity index is 1.43. The first-order valence-corrected chi connectivity index (χ1v) is 9.72. The molecule has 3 fully saturated rings. The number of carbonyl (C=O) groups excluding carboxylic acids is 3. The van der Waals surface area contributed by atoms with E-state index in [2.05, 4.69) is 21.2 Å². The number of hydrogen-bond acceptors (Lipinski definition) is 3. The number of carbonyl (C=O) groups is 3. The van der Waals surface area contributed by atoms with Gasteiger partial charge in [0.25, 0.3) is 0 Å². The van der Waals surface area contributed by atoms with Crippen LogP contribution in [0.2, 0.25) is 0 Å². The second-order valence-corrected chi connectivity index (χ2v) is 8.31. The number of rotatable bonds is 4. The Bertz CT molecular complexity index is 703. The number of benzene rings is 1. The number of nitrogens with zero attached hydrogens (tertiary/aromatic N) is 1.